The van der Waals surface area contributed by atoms with Crippen LogP contribution in [0.15, 0.2) is 24.3 Å². The van der Waals surface area contributed by atoms with Gasteiger partial charge in [-0.2, -0.15) is 0 Å². The van der Waals surface area contributed by atoms with Gasteiger partial charge in [-0.25, -0.2) is 0 Å². The van der Waals surface area contributed by atoms with Crippen molar-refractivity contribution in [2.45, 2.75) is 32.5 Å². The summed E-state index contributed by atoms with van der Waals surface area (Å²) in [5, 5.41) is 0. The first-order valence-electron chi connectivity index (χ1n) is 8.49. The van der Waals surface area contributed by atoms with Crippen molar-refractivity contribution in [1.82, 2.24) is 4.90 Å². The zero-order chi connectivity index (χ0) is 16.1. The molecule has 1 aromatic carbocycles. The molecule has 0 spiro atoms. The summed E-state index contributed by atoms with van der Waals surface area (Å²) < 4.78 is 16.6. The zero-order valence-electron chi connectivity index (χ0n) is 13.7. The Morgan fingerprint density at radius 3 is 2.43 bits per heavy atom. The number of ether oxygens (including phenoxy) is 3. The fraction of sp³-hybridized carbons (Fsp3) is 0.611. The second-order valence-corrected chi connectivity index (χ2v) is 6.08. The summed E-state index contributed by atoms with van der Waals surface area (Å²) in [6.45, 7) is 5.60. The van der Waals surface area contributed by atoms with Crippen LogP contribution in [0.3, 0.4) is 0 Å². The van der Waals surface area contributed by atoms with Gasteiger partial charge in [0.2, 0.25) is 5.91 Å². The van der Waals surface area contributed by atoms with Gasteiger partial charge in [-0.15, -0.1) is 0 Å². The van der Waals surface area contributed by atoms with Gasteiger partial charge in [-0.3, -0.25) is 4.79 Å². The molecule has 0 unspecified atom stereocenters. The predicted molar refractivity (Wildman–Crippen MR) is 86.3 cm³/mol. The first kappa shape index (κ1) is 16.3. The van der Waals surface area contributed by atoms with Gasteiger partial charge in [0.15, 0.2) is 6.29 Å². The van der Waals surface area contributed by atoms with Crippen LogP contribution in [-0.4, -0.2) is 50.0 Å². The minimum Gasteiger partial charge on any atom is -0.494 e. The molecule has 23 heavy (non-hydrogen) atoms. The van der Waals surface area contributed by atoms with Crippen LogP contribution < -0.4 is 4.74 Å². The first-order valence-corrected chi connectivity index (χ1v) is 8.49. The summed E-state index contributed by atoms with van der Waals surface area (Å²) >= 11 is 0. The number of likely N-dealkylation sites (tertiary alicyclic amines) is 1. The fourth-order valence-electron chi connectivity index (χ4n) is 3.23. The van der Waals surface area contributed by atoms with Crippen molar-refractivity contribution in [2.24, 2.45) is 5.92 Å². The summed E-state index contributed by atoms with van der Waals surface area (Å²) in [7, 11) is 0. The van der Waals surface area contributed by atoms with Crippen molar-refractivity contribution < 1.29 is 19.0 Å². The third-order valence-electron chi connectivity index (χ3n) is 4.51. The fourth-order valence-corrected chi connectivity index (χ4v) is 3.23. The Balaban J connectivity index is 1.47. The lowest BCUT2D eigenvalue weighted by Gasteiger charge is -2.34. The number of hydrogen-bond acceptors (Lipinski definition) is 4. The monoisotopic (exact) mass is 319 g/mol. The van der Waals surface area contributed by atoms with Crippen LogP contribution in [0.5, 0.6) is 5.75 Å². The largest absolute Gasteiger partial charge is 0.494 e. The predicted octanol–water partition coefficient (Wildman–Crippen LogP) is 2.24. The Kier molecular flexibility index (Phi) is 5.51. The van der Waals surface area contributed by atoms with Gasteiger partial charge in [-0.1, -0.05) is 12.1 Å². The maximum Gasteiger partial charge on any atom is 0.226 e. The lowest BCUT2D eigenvalue weighted by atomic mass is 9.95. The molecule has 0 aliphatic carbocycles. The molecule has 5 nitrogen and oxygen atoms in total. The molecule has 3 rings (SSSR count). The smallest absolute Gasteiger partial charge is 0.226 e. The molecular formula is C18H25NO4. The molecule has 2 saturated heterocycles. The summed E-state index contributed by atoms with van der Waals surface area (Å²) in [5.74, 6) is 1.47. The molecule has 2 fully saturated rings. The minimum absolute atomic E-state index is 0.0571. The van der Waals surface area contributed by atoms with Gasteiger partial charge in [0.1, 0.15) is 5.75 Å². The molecule has 0 N–H and O–H groups in total. The van der Waals surface area contributed by atoms with Crippen LogP contribution in [0.4, 0.5) is 0 Å². The van der Waals surface area contributed by atoms with Gasteiger partial charge in [0.25, 0.3) is 0 Å². The Morgan fingerprint density at radius 1 is 1.17 bits per heavy atom. The number of piperidine rings is 1. The molecule has 0 atom stereocenters. The van der Waals surface area contributed by atoms with E-state index < -0.39 is 0 Å². The van der Waals surface area contributed by atoms with Crippen molar-refractivity contribution in [2.75, 3.05) is 32.9 Å². The second kappa shape index (κ2) is 7.79. The topological polar surface area (TPSA) is 48.0 Å². The molecule has 126 valence electrons. The van der Waals surface area contributed by atoms with E-state index >= 15 is 0 Å². The lowest BCUT2D eigenvalue weighted by Crippen LogP contribution is -2.42. The van der Waals surface area contributed by atoms with E-state index in [2.05, 4.69) is 0 Å². The zero-order valence-corrected chi connectivity index (χ0v) is 13.7. The average Bonchev–Trinajstić information content (AvgIpc) is 3.11. The number of carbonyl (C=O) groups excluding carboxylic acids is 1. The number of nitrogens with zero attached hydrogens (tertiary/aromatic N) is 1. The molecule has 2 aliphatic rings. The van der Waals surface area contributed by atoms with Gasteiger partial charge in [-0.05, 0) is 37.5 Å². The van der Waals surface area contributed by atoms with Gasteiger partial charge < -0.3 is 19.1 Å². The first-order chi connectivity index (χ1) is 11.3. The summed E-state index contributed by atoms with van der Waals surface area (Å²) in [6.07, 6.45) is 2.31. The van der Waals surface area contributed by atoms with E-state index in [-0.39, 0.29) is 12.2 Å². The standard InChI is InChI=1S/C18H25NO4/c1-2-21-16-5-3-14(4-6-16)13-17(20)19-9-7-15(8-10-19)18-22-11-12-23-18/h3-6,15,18H,2,7-13H2,1H3. The van der Waals surface area contributed by atoms with E-state index in [1.54, 1.807) is 0 Å². The summed E-state index contributed by atoms with van der Waals surface area (Å²) in [6, 6.07) is 7.78. The van der Waals surface area contributed by atoms with Crippen molar-refractivity contribution in [3.05, 3.63) is 29.8 Å². The third kappa shape index (κ3) is 4.24. The van der Waals surface area contributed by atoms with E-state index in [1.165, 1.54) is 0 Å². The molecular weight excluding hydrogens is 294 g/mol. The lowest BCUT2D eigenvalue weighted by molar-refractivity contribution is -0.136. The molecule has 5 heteroatoms. The van der Waals surface area contributed by atoms with Crippen LogP contribution in [0.1, 0.15) is 25.3 Å². The molecule has 1 amide bonds. The van der Waals surface area contributed by atoms with E-state index in [0.29, 0.717) is 32.2 Å². The highest BCUT2D eigenvalue weighted by Crippen LogP contribution is 2.26. The van der Waals surface area contributed by atoms with Gasteiger partial charge in [0.05, 0.1) is 26.2 Å². The van der Waals surface area contributed by atoms with Crippen molar-refractivity contribution >= 4 is 5.91 Å². The Labute approximate surface area is 137 Å². The Hall–Kier alpha value is -1.59. The van der Waals surface area contributed by atoms with E-state index in [9.17, 15) is 4.79 Å². The number of amides is 1. The Morgan fingerprint density at radius 2 is 1.83 bits per heavy atom. The maximum atomic E-state index is 12.4. The third-order valence-corrected chi connectivity index (χ3v) is 4.51. The van der Waals surface area contributed by atoms with Crippen LogP contribution in [0.25, 0.3) is 0 Å². The molecule has 2 heterocycles. The highest BCUT2D eigenvalue weighted by Gasteiger charge is 2.31. The van der Waals surface area contributed by atoms with E-state index in [1.807, 2.05) is 36.1 Å². The minimum atomic E-state index is -0.0571. The van der Waals surface area contributed by atoms with Crippen LogP contribution in [-0.2, 0) is 20.7 Å². The average molecular weight is 319 g/mol. The molecule has 0 saturated carbocycles. The molecule has 0 aromatic heterocycles. The quantitative estimate of drug-likeness (QED) is 0.835. The molecule has 2 aliphatic heterocycles. The van der Waals surface area contributed by atoms with Crippen LogP contribution in [0.2, 0.25) is 0 Å². The normalized spacial score (nSPS) is 20.0. The number of benzene rings is 1. The number of carbonyl (C=O) groups is 1. The second-order valence-electron chi connectivity index (χ2n) is 6.08. The van der Waals surface area contributed by atoms with Crippen LogP contribution >= 0.6 is 0 Å². The Bertz CT molecular complexity index is 502. The van der Waals surface area contributed by atoms with Crippen molar-refractivity contribution in [1.29, 1.82) is 0 Å². The van der Waals surface area contributed by atoms with Crippen molar-refractivity contribution in [3.63, 3.8) is 0 Å². The highest BCUT2D eigenvalue weighted by molar-refractivity contribution is 5.78. The summed E-state index contributed by atoms with van der Waals surface area (Å²) in [5.41, 5.74) is 1.03. The molecule has 0 radical (unpaired) electrons. The summed E-state index contributed by atoms with van der Waals surface area (Å²) in [4.78, 5) is 14.4. The van der Waals surface area contributed by atoms with Gasteiger partial charge >= 0.3 is 0 Å². The SMILES string of the molecule is CCOc1ccc(CC(=O)N2CCC(C3OCCO3)CC2)cc1. The van der Waals surface area contributed by atoms with Crippen LogP contribution in [0, 0.1) is 5.92 Å². The maximum absolute atomic E-state index is 12.4. The molecule has 1 aromatic rings. The van der Waals surface area contributed by atoms with Crippen molar-refractivity contribution in [3.8, 4) is 5.75 Å². The highest BCUT2D eigenvalue weighted by atomic mass is 16.7. The van der Waals surface area contributed by atoms with Gasteiger partial charge in [0, 0.05) is 19.0 Å². The number of rotatable bonds is 5. The number of hydrogen-bond donors (Lipinski definition) is 0. The van der Waals surface area contributed by atoms with E-state index in [4.69, 9.17) is 14.2 Å². The molecule has 0 bridgehead atoms. The van der Waals surface area contributed by atoms with E-state index in [0.717, 1.165) is 37.2 Å².